The number of hydrogen-bond acceptors (Lipinski definition) is 7. The predicted molar refractivity (Wildman–Crippen MR) is 135 cm³/mol. The van der Waals surface area contributed by atoms with Gasteiger partial charge in [-0.15, -0.1) is 11.3 Å². The number of amides is 2. The number of anilines is 1. The summed E-state index contributed by atoms with van der Waals surface area (Å²) in [7, 11) is 0. The van der Waals surface area contributed by atoms with Crippen LogP contribution in [-0.4, -0.2) is 62.6 Å². The number of halogens is 3. The van der Waals surface area contributed by atoms with Crippen molar-refractivity contribution in [1.82, 2.24) is 20.2 Å². The summed E-state index contributed by atoms with van der Waals surface area (Å²) in [6.07, 6.45) is 1.71. The van der Waals surface area contributed by atoms with E-state index >= 15 is 0 Å². The Hall–Kier alpha value is -2.73. The summed E-state index contributed by atoms with van der Waals surface area (Å²) in [4.78, 5) is 36.2. The number of nitrogens with one attached hydrogen (secondary N) is 2. The van der Waals surface area contributed by atoms with Gasteiger partial charge in [0.15, 0.2) is 5.01 Å². The largest absolute Gasteiger partial charge is 0.417 e. The molecule has 37 heavy (non-hydrogen) atoms. The van der Waals surface area contributed by atoms with Crippen molar-refractivity contribution in [3.05, 3.63) is 28.5 Å². The van der Waals surface area contributed by atoms with Crippen molar-refractivity contribution in [2.75, 3.05) is 18.4 Å². The second-order valence-electron chi connectivity index (χ2n) is 10.4. The summed E-state index contributed by atoms with van der Waals surface area (Å²) < 4.78 is 42.8. The first kappa shape index (κ1) is 27.3. The number of thiazole rings is 1. The Morgan fingerprint density at radius 1 is 1.19 bits per heavy atom. The minimum atomic E-state index is -4.72. The third kappa shape index (κ3) is 6.40. The van der Waals surface area contributed by atoms with Crippen LogP contribution >= 0.6 is 11.3 Å². The highest BCUT2D eigenvalue weighted by Gasteiger charge is 2.38. The topological polar surface area (TPSA) is 107 Å². The molecular formula is C25H32F3N5O3S. The second-order valence-corrected chi connectivity index (χ2v) is 11.4. The Labute approximate surface area is 217 Å². The Balaban J connectivity index is 1.76. The van der Waals surface area contributed by atoms with E-state index in [0.29, 0.717) is 17.9 Å². The van der Waals surface area contributed by atoms with Crippen LogP contribution in [0.25, 0.3) is 10.4 Å². The minimum absolute atomic E-state index is 0.0512. The number of nitrogens with zero attached hydrogens (tertiary/aromatic N) is 3. The molecule has 2 aromatic heterocycles. The van der Waals surface area contributed by atoms with Crippen molar-refractivity contribution in [2.24, 2.45) is 0 Å². The number of rotatable bonds is 7. The van der Waals surface area contributed by atoms with E-state index in [-0.39, 0.29) is 45.6 Å². The molecule has 1 atom stereocenters. The van der Waals surface area contributed by atoms with Gasteiger partial charge in [0.25, 0.3) is 11.8 Å². The third-order valence-corrected chi connectivity index (χ3v) is 7.77. The Morgan fingerprint density at radius 2 is 1.89 bits per heavy atom. The Kier molecular flexibility index (Phi) is 7.80. The predicted octanol–water partition coefficient (Wildman–Crippen LogP) is 4.70. The lowest BCUT2D eigenvalue weighted by Gasteiger charge is -2.21. The van der Waals surface area contributed by atoms with Crippen molar-refractivity contribution in [3.8, 4) is 10.4 Å². The average molecular weight is 540 g/mol. The highest BCUT2D eigenvalue weighted by molar-refractivity contribution is 7.17. The SMILES string of the molecule is C[C@H]1CCCN1C(=O)c1nc(C(=O)NCC(C)(C)O)sc1-c1cnc(NC2CCCC2)cc1C(F)(F)F. The van der Waals surface area contributed by atoms with E-state index in [2.05, 4.69) is 20.6 Å². The summed E-state index contributed by atoms with van der Waals surface area (Å²) in [5.74, 6) is -1.07. The number of carbonyl (C=O) groups is 2. The van der Waals surface area contributed by atoms with Crippen LogP contribution in [0.1, 0.15) is 85.2 Å². The lowest BCUT2D eigenvalue weighted by Crippen LogP contribution is -2.38. The molecule has 4 rings (SSSR count). The molecule has 3 heterocycles. The van der Waals surface area contributed by atoms with Crippen LogP contribution in [0, 0.1) is 0 Å². The van der Waals surface area contributed by atoms with Crippen LogP contribution in [0.15, 0.2) is 12.3 Å². The average Bonchev–Trinajstić information content (AvgIpc) is 3.57. The lowest BCUT2D eigenvalue weighted by atomic mass is 10.1. The summed E-state index contributed by atoms with van der Waals surface area (Å²) in [5, 5.41) is 15.4. The van der Waals surface area contributed by atoms with Gasteiger partial charge in [-0.05, 0) is 52.5 Å². The normalized spacial score (nSPS) is 18.9. The zero-order valence-electron chi connectivity index (χ0n) is 21.1. The fourth-order valence-corrected chi connectivity index (χ4v) is 5.71. The summed E-state index contributed by atoms with van der Waals surface area (Å²) >= 11 is 0.716. The summed E-state index contributed by atoms with van der Waals surface area (Å²) in [6, 6.07) is 0.948. The van der Waals surface area contributed by atoms with Crippen molar-refractivity contribution in [1.29, 1.82) is 0 Å². The second kappa shape index (κ2) is 10.6. The molecule has 202 valence electrons. The van der Waals surface area contributed by atoms with Gasteiger partial charge in [0.1, 0.15) is 11.5 Å². The van der Waals surface area contributed by atoms with Gasteiger partial charge in [-0.1, -0.05) is 12.8 Å². The molecule has 2 aliphatic rings. The highest BCUT2D eigenvalue weighted by atomic mass is 32.1. The van der Waals surface area contributed by atoms with Crippen molar-refractivity contribution in [3.63, 3.8) is 0 Å². The quantitative estimate of drug-likeness (QED) is 0.471. The van der Waals surface area contributed by atoms with Gasteiger partial charge in [-0.3, -0.25) is 9.59 Å². The highest BCUT2D eigenvalue weighted by Crippen LogP contribution is 2.42. The van der Waals surface area contributed by atoms with E-state index in [1.54, 1.807) is 4.90 Å². The maximum absolute atomic E-state index is 14.3. The van der Waals surface area contributed by atoms with E-state index in [4.69, 9.17) is 0 Å². The van der Waals surface area contributed by atoms with Crippen LogP contribution < -0.4 is 10.6 Å². The van der Waals surface area contributed by atoms with E-state index < -0.39 is 29.2 Å². The molecule has 0 spiro atoms. The van der Waals surface area contributed by atoms with Gasteiger partial charge in [-0.25, -0.2) is 9.97 Å². The van der Waals surface area contributed by atoms with Gasteiger partial charge < -0.3 is 20.6 Å². The van der Waals surface area contributed by atoms with E-state index in [1.165, 1.54) is 13.8 Å². The molecule has 2 aromatic rings. The minimum Gasteiger partial charge on any atom is -0.389 e. The lowest BCUT2D eigenvalue weighted by molar-refractivity contribution is -0.137. The van der Waals surface area contributed by atoms with Gasteiger partial charge >= 0.3 is 6.18 Å². The summed E-state index contributed by atoms with van der Waals surface area (Å²) in [5.41, 5.74) is -2.64. The molecule has 0 unspecified atom stereocenters. The zero-order valence-corrected chi connectivity index (χ0v) is 21.9. The van der Waals surface area contributed by atoms with Gasteiger partial charge in [-0.2, -0.15) is 13.2 Å². The summed E-state index contributed by atoms with van der Waals surface area (Å²) in [6.45, 7) is 5.26. The van der Waals surface area contributed by atoms with Crippen LogP contribution in [-0.2, 0) is 6.18 Å². The van der Waals surface area contributed by atoms with Gasteiger partial charge in [0.2, 0.25) is 0 Å². The number of alkyl halides is 3. The van der Waals surface area contributed by atoms with Crippen molar-refractivity contribution in [2.45, 2.75) is 83.2 Å². The Bertz CT molecular complexity index is 1160. The fourth-order valence-electron chi connectivity index (χ4n) is 4.72. The van der Waals surface area contributed by atoms with Crippen LogP contribution in [0.5, 0.6) is 0 Å². The smallest absolute Gasteiger partial charge is 0.389 e. The maximum Gasteiger partial charge on any atom is 0.417 e. The molecule has 1 saturated heterocycles. The molecular weight excluding hydrogens is 507 g/mol. The number of hydrogen-bond donors (Lipinski definition) is 3. The number of carbonyl (C=O) groups excluding carboxylic acids is 2. The molecule has 0 radical (unpaired) electrons. The van der Waals surface area contributed by atoms with Crippen molar-refractivity contribution < 1.29 is 27.9 Å². The molecule has 2 amide bonds. The molecule has 0 bridgehead atoms. The Morgan fingerprint density at radius 3 is 2.49 bits per heavy atom. The van der Waals surface area contributed by atoms with Crippen LogP contribution in [0.2, 0.25) is 0 Å². The maximum atomic E-state index is 14.3. The molecule has 1 aliphatic heterocycles. The van der Waals surface area contributed by atoms with Gasteiger partial charge in [0, 0.05) is 36.9 Å². The fraction of sp³-hybridized carbons (Fsp3) is 0.600. The number of aliphatic hydroxyl groups is 1. The standard InChI is InChI=1S/C25H32F3N5O3S/c1-14-7-6-10-33(14)23(35)19-20(37-22(32-19)21(34)30-13-24(2,3)36)16-12-29-18(11-17(16)25(26,27)28)31-15-8-4-5-9-15/h11-12,14-15,36H,4-10,13H2,1-3H3,(H,29,31)(H,30,34)/t14-/m0/s1. The van der Waals surface area contributed by atoms with Crippen molar-refractivity contribution >= 4 is 29.0 Å². The molecule has 1 aliphatic carbocycles. The zero-order chi connectivity index (χ0) is 27.0. The first-order valence-electron chi connectivity index (χ1n) is 12.5. The molecule has 2 fully saturated rings. The van der Waals surface area contributed by atoms with Crippen LogP contribution in [0.3, 0.4) is 0 Å². The first-order valence-corrected chi connectivity index (χ1v) is 13.3. The molecule has 1 saturated carbocycles. The van der Waals surface area contributed by atoms with E-state index in [0.717, 1.165) is 50.8 Å². The van der Waals surface area contributed by atoms with E-state index in [9.17, 15) is 27.9 Å². The van der Waals surface area contributed by atoms with E-state index in [1.807, 2.05) is 6.92 Å². The first-order chi connectivity index (χ1) is 17.3. The number of aromatic nitrogens is 2. The molecule has 8 nitrogen and oxygen atoms in total. The molecule has 3 N–H and O–H groups in total. The van der Waals surface area contributed by atoms with Crippen LogP contribution in [0.4, 0.5) is 19.0 Å². The molecule has 0 aromatic carbocycles. The number of pyridine rings is 1. The third-order valence-electron chi connectivity index (χ3n) is 6.68. The monoisotopic (exact) mass is 539 g/mol. The number of likely N-dealkylation sites (tertiary alicyclic amines) is 1. The molecule has 12 heteroatoms. The van der Waals surface area contributed by atoms with Gasteiger partial charge in [0.05, 0.1) is 16.0 Å².